The number of hydrogen-bond acceptors (Lipinski definition) is 4. The first-order valence-corrected chi connectivity index (χ1v) is 40.6. The first-order valence-electron chi connectivity index (χ1n) is 32.9. The van der Waals surface area contributed by atoms with Crippen molar-refractivity contribution in [3.63, 3.8) is 0 Å². The fourth-order valence-electron chi connectivity index (χ4n) is 10.5. The number of benzene rings is 8. The van der Waals surface area contributed by atoms with Gasteiger partial charge in [-0.15, -0.1) is 24.2 Å². The van der Waals surface area contributed by atoms with E-state index in [1.807, 2.05) is 156 Å². The zero-order valence-corrected chi connectivity index (χ0v) is 68.0. The Morgan fingerprint density at radius 1 is 0.371 bits per heavy atom. The molecular formula is C83H112Cl2N4O4Ru2S2. The van der Waals surface area contributed by atoms with Gasteiger partial charge in [-0.05, 0) is 117 Å². The van der Waals surface area contributed by atoms with E-state index in [9.17, 15) is 16.8 Å². The van der Waals surface area contributed by atoms with Crippen molar-refractivity contribution < 1.29 is 51.5 Å². The van der Waals surface area contributed by atoms with Crippen molar-refractivity contribution >= 4 is 39.4 Å². The summed E-state index contributed by atoms with van der Waals surface area (Å²) in [5.74, 6) is 2.15. The van der Waals surface area contributed by atoms with E-state index in [4.69, 9.17) is 11.5 Å². The van der Waals surface area contributed by atoms with Crippen LogP contribution in [0.15, 0.2) is 200 Å². The first-order chi connectivity index (χ1) is 44.7. The van der Waals surface area contributed by atoms with Crippen LogP contribution in [0.1, 0.15) is 248 Å². The van der Waals surface area contributed by atoms with E-state index in [0.29, 0.717) is 42.4 Å². The van der Waals surface area contributed by atoms with E-state index in [-0.39, 0.29) is 37.2 Å². The van der Waals surface area contributed by atoms with E-state index in [2.05, 4.69) is 232 Å². The van der Waals surface area contributed by atoms with Crippen molar-refractivity contribution in [2.45, 2.75) is 202 Å². The molecule has 8 aromatic carbocycles. The summed E-state index contributed by atoms with van der Waals surface area (Å²) in [7, 11) is 1.58. The van der Waals surface area contributed by atoms with Gasteiger partial charge in [0.15, 0.2) is 0 Å². The fraction of sp³-hybridized carbons (Fsp3) is 0.398. The molecule has 0 heterocycles. The van der Waals surface area contributed by atoms with Gasteiger partial charge in [-0.25, -0.2) is 16.8 Å². The van der Waals surface area contributed by atoms with Gasteiger partial charge in [-0.1, -0.05) is 344 Å². The second-order valence-corrected chi connectivity index (χ2v) is 31.5. The molecule has 2 N–H and O–H groups in total. The average molecular weight is 1570 g/mol. The summed E-state index contributed by atoms with van der Waals surface area (Å²) < 4.78 is 61.9. The normalized spacial score (nSPS) is 12.6. The molecule has 8 aromatic rings. The summed E-state index contributed by atoms with van der Waals surface area (Å²) >= 11 is 3.64. The molecule has 530 valence electrons. The molecule has 0 radical (unpaired) electrons. The van der Waals surface area contributed by atoms with E-state index in [1.165, 1.54) is 50.1 Å². The molecular weight excluding hydrogens is 1450 g/mol. The standard InChI is InChI=1S/C31H40N2O2S.C30H38N2O2S.2C10H14.2CH3.2ClH.2Ru/c1-21(2)26-19-28(22(3)4)27(29(20-26)23(5)6)17-18-36(34,35)33-31(25-15-11-8-12-16-25)30(32)24-13-9-7-10-14-24;1-29(2,3)25-19-22(20-26(21-25)30(4,5)6)17-18-35(33,34)32-28(24-15-11-8-12-16-24)27(31)23-13-9-7-10-14-23;2*1-8(2)10-6-4-9(3)5-7-10;;;;;;/h7-16,19-23,30-32H,17-18H2,1-6H3;7-16,19-21,27-28,31H,17-18H2,1-6H3;2*4-8H,1-3H3;2*1H3;2*1H;;/q2*-2;;;2*-1;;;2*+4/p-2. The molecule has 0 spiro atoms. The second-order valence-electron chi connectivity index (χ2n) is 28.0. The molecule has 0 saturated heterocycles. The predicted molar refractivity (Wildman–Crippen MR) is 415 cm³/mol. The van der Waals surface area contributed by atoms with Gasteiger partial charge < -0.3 is 35.8 Å². The molecule has 4 atom stereocenters. The quantitative estimate of drug-likeness (QED) is 0.0521. The molecule has 0 fully saturated rings. The van der Waals surface area contributed by atoms with Crippen LogP contribution in [0.25, 0.3) is 20.9 Å². The van der Waals surface area contributed by atoms with Crippen molar-refractivity contribution in [2.75, 3.05) is 11.5 Å². The second kappa shape index (κ2) is 43.9. The van der Waals surface area contributed by atoms with Crippen molar-refractivity contribution in [3.05, 3.63) is 319 Å². The number of aryl methyl sites for hydroxylation is 3. The molecule has 0 amide bonds. The Morgan fingerprint density at radius 3 is 0.918 bits per heavy atom. The Balaban J connectivity index is 0.000000713. The van der Waals surface area contributed by atoms with Crippen molar-refractivity contribution in [1.29, 1.82) is 0 Å². The van der Waals surface area contributed by atoms with Crippen molar-refractivity contribution in [3.8, 4) is 0 Å². The van der Waals surface area contributed by atoms with Crippen LogP contribution < -0.4 is 0 Å². The van der Waals surface area contributed by atoms with Crippen LogP contribution in [0.2, 0.25) is 0 Å². The summed E-state index contributed by atoms with van der Waals surface area (Å²) in [4.78, 5) is 0. The maximum atomic E-state index is 13.4. The van der Waals surface area contributed by atoms with Gasteiger partial charge in [-0.2, -0.15) is 0 Å². The molecule has 0 aliphatic carbocycles. The average Bonchev–Trinajstić information content (AvgIpc) is 0.809. The van der Waals surface area contributed by atoms with Crippen LogP contribution in [0.4, 0.5) is 0 Å². The van der Waals surface area contributed by atoms with Crippen molar-refractivity contribution in [1.82, 2.24) is 0 Å². The van der Waals surface area contributed by atoms with E-state index >= 15 is 0 Å². The fourth-order valence-corrected chi connectivity index (χ4v) is 12.9. The summed E-state index contributed by atoms with van der Waals surface area (Å²) in [6.45, 7) is 39.2. The number of sulfonamides is 2. The third-order valence-corrected chi connectivity index (χ3v) is 19.0. The van der Waals surface area contributed by atoms with Gasteiger partial charge in [0.2, 0.25) is 0 Å². The van der Waals surface area contributed by atoms with Gasteiger partial charge in [0.25, 0.3) is 0 Å². The van der Waals surface area contributed by atoms with Gasteiger partial charge in [0.05, 0.1) is 20.0 Å². The summed E-state index contributed by atoms with van der Waals surface area (Å²) in [6, 6.07) is 62.4. The number of halogens is 2. The molecule has 4 unspecified atom stereocenters. The van der Waals surface area contributed by atoms with E-state index in [1.54, 1.807) is 0 Å². The molecule has 8 nitrogen and oxygen atoms in total. The van der Waals surface area contributed by atoms with Crippen LogP contribution in [-0.4, -0.2) is 28.3 Å². The van der Waals surface area contributed by atoms with Crippen LogP contribution in [0, 0.1) is 28.7 Å². The van der Waals surface area contributed by atoms with Gasteiger partial charge >= 0.3 is 54.0 Å². The zero-order valence-electron chi connectivity index (χ0n) is 61.4. The molecule has 0 aliphatic rings. The molecule has 97 heavy (non-hydrogen) atoms. The van der Waals surface area contributed by atoms with Crippen LogP contribution in [0.3, 0.4) is 0 Å². The van der Waals surface area contributed by atoms with Gasteiger partial charge in [0.1, 0.15) is 0 Å². The third-order valence-electron chi connectivity index (χ3n) is 16.5. The van der Waals surface area contributed by atoms with Crippen LogP contribution in [0.5, 0.6) is 0 Å². The summed E-state index contributed by atoms with van der Waals surface area (Å²) in [5.41, 5.74) is 34.4. The van der Waals surface area contributed by atoms with Gasteiger partial charge in [-0.3, -0.25) is 0 Å². The topological polar surface area (TPSA) is 144 Å². The minimum atomic E-state index is -3.79. The van der Waals surface area contributed by atoms with Crippen LogP contribution >= 0.6 is 19.4 Å². The third kappa shape index (κ3) is 31.0. The number of nitrogens with one attached hydrogen (secondary N) is 2. The predicted octanol–water partition coefficient (Wildman–Crippen LogP) is 25.4. The Hall–Kier alpha value is -4.67. The van der Waals surface area contributed by atoms with Gasteiger partial charge in [0, 0.05) is 11.5 Å². The molecule has 8 rings (SSSR count). The number of hydrogen-bond donors (Lipinski definition) is 0. The molecule has 0 bridgehead atoms. The van der Waals surface area contributed by atoms with E-state index < -0.39 is 44.2 Å². The minimum absolute atomic E-state index is 0. The maximum absolute atomic E-state index is 13.4. The molecule has 0 aromatic heterocycles. The number of nitrogens with zero attached hydrogens (tertiary/aromatic N) is 2. The Morgan fingerprint density at radius 2 is 0.649 bits per heavy atom. The van der Waals surface area contributed by atoms with E-state index in [0.717, 1.165) is 33.4 Å². The molecule has 0 saturated carbocycles. The Labute approximate surface area is 618 Å². The SMILES string of the molecule is CC(C)(C)c1cc(CCS(=O)(=O)[N-]C(c2ccccc2)C([NH-])c2ccccc2)cc(C(C)(C)C)c1.CC(C)c1cc(C(C)C)c(CCS(=O)(=O)[N-]C(c2ccccc2)C([NH-])c2ccccc2)c(C(C)C)c1.Cc1ccc(C(C)C)cc1.Cc1ccc(C(C)C)cc1.[CH3-].[CH3-].[Cl][Ru+3].[Cl][Ru+3]. The zero-order chi connectivity index (χ0) is 71.4. The summed E-state index contributed by atoms with van der Waals surface area (Å²) in [6.07, 6.45) is 0.801. The summed E-state index contributed by atoms with van der Waals surface area (Å²) in [5, 5.41) is 0. The molecule has 0 aliphatic heterocycles. The first kappa shape index (κ1) is 90.3. The van der Waals surface area contributed by atoms with Crippen molar-refractivity contribution in [2.24, 2.45) is 0 Å². The Kier molecular flexibility index (Phi) is 40.9. The molecule has 14 heteroatoms. The number of rotatable bonds is 21. The van der Waals surface area contributed by atoms with Crippen LogP contribution in [-0.2, 0) is 78.3 Å². The monoisotopic (exact) mass is 1570 g/mol. The Bertz CT molecular complexity index is 3590.